The Morgan fingerprint density at radius 3 is 2.50 bits per heavy atom. The number of nitrogen functional groups attached to an aromatic ring is 1. The van der Waals surface area contributed by atoms with Crippen molar-refractivity contribution in [2.45, 2.75) is 44.5 Å². The van der Waals surface area contributed by atoms with E-state index < -0.39 is 69.8 Å². The number of ether oxygens (including phenoxy) is 1. The monoisotopic (exact) mass is 717 g/mol. The van der Waals surface area contributed by atoms with E-state index in [0.717, 1.165) is 23.5 Å². The molecular weight excluding hydrogens is 686 g/mol. The Bertz CT molecular complexity index is 1840. The number of anilines is 1. The number of carboxylic acid groups (broad SMARTS) is 1. The molecule has 1 aromatic carbocycles. The standard InChI is InChI=1S/C26H30F2N8O10S2/c1-26(2)21(23(38)36(26)46-48(41,42)43)32-22(37)20(17-12-47-25(30)31-17)33-45-18(24(39)40)11-44-14-7-15(27)19(16(28)8-14)13-9-34(3)35(10-13)6-4-5-29/h7-10,12,18,21H,4-6,11,29H2,1-3H3,(H4-,30,31,32,37,39,40,41,42,43)/p+1/b33-20-/t18-,21?/m0/s1. The number of carbonyl (C=O) groups excluding carboxylic acids is 2. The number of thiazole rings is 1. The van der Waals surface area contributed by atoms with E-state index in [1.165, 1.54) is 25.4 Å². The number of aryl methyl sites for hydroxylation is 2. The number of carboxylic acids is 1. The highest BCUT2D eigenvalue weighted by molar-refractivity contribution is 7.80. The SMILES string of the molecule is C[n+]1cc(-c2c(F)cc(OC[C@H](O/N=C(\C(=O)NC3C(=O)N(OS(=O)(=O)O)C3(C)C)c3csc(N)n3)C(=O)O)cc2F)cn1CCCN. The predicted octanol–water partition coefficient (Wildman–Crippen LogP) is -0.262. The van der Waals surface area contributed by atoms with E-state index >= 15 is 8.78 Å². The number of hydroxylamine groups is 2. The van der Waals surface area contributed by atoms with Crippen LogP contribution in [-0.2, 0) is 47.5 Å². The number of nitrogens with zero attached hydrogens (tertiary/aromatic N) is 5. The summed E-state index contributed by atoms with van der Waals surface area (Å²) in [5, 5.41) is 17.2. The van der Waals surface area contributed by atoms with E-state index in [1.807, 2.05) is 0 Å². The first-order valence-corrected chi connectivity index (χ1v) is 16.1. The number of oxime groups is 1. The Morgan fingerprint density at radius 1 is 1.29 bits per heavy atom. The highest BCUT2D eigenvalue weighted by Gasteiger charge is 2.58. The van der Waals surface area contributed by atoms with Gasteiger partial charge in [0.25, 0.3) is 17.9 Å². The molecule has 0 aliphatic carbocycles. The maximum atomic E-state index is 15.1. The summed E-state index contributed by atoms with van der Waals surface area (Å²) in [5.41, 5.74) is 8.80. The Labute approximate surface area is 275 Å². The third kappa shape index (κ3) is 8.02. The maximum absolute atomic E-state index is 15.1. The number of hydrogen-bond acceptors (Lipinski definition) is 13. The van der Waals surface area contributed by atoms with E-state index in [-0.39, 0.29) is 27.7 Å². The Hall–Kier alpha value is -4.77. The highest BCUT2D eigenvalue weighted by Crippen LogP contribution is 2.33. The van der Waals surface area contributed by atoms with Crippen molar-refractivity contribution in [2.75, 3.05) is 18.9 Å². The van der Waals surface area contributed by atoms with Gasteiger partial charge in [-0.15, -0.1) is 20.3 Å². The number of halogens is 2. The predicted molar refractivity (Wildman–Crippen MR) is 161 cm³/mol. The average molecular weight is 718 g/mol. The zero-order valence-electron chi connectivity index (χ0n) is 25.5. The highest BCUT2D eigenvalue weighted by atomic mass is 32.3. The van der Waals surface area contributed by atoms with Crippen molar-refractivity contribution >= 4 is 50.4 Å². The maximum Gasteiger partial charge on any atom is 0.418 e. The van der Waals surface area contributed by atoms with Gasteiger partial charge in [-0.1, -0.05) is 5.16 Å². The lowest BCUT2D eigenvalue weighted by atomic mass is 9.84. The first kappa shape index (κ1) is 36.1. The summed E-state index contributed by atoms with van der Waals surface area (Å²) in [7, 11) is -3.36. The summed E-state index contributed by atoms with van der Waals surface area (Å²) < 4.78 is 74.1. The minimum absolute atomic E-state index is 0.00947. The minimum Gasteiger partial charge on any atom is -0.489 e. The molecule has 2 aromatic heterocycles. The second kappa shape index (κ2) is 14.1. The summed E-state index contributed by atoms with van der Waals surface area (Å²) in [6.07, 6.45) is 1.80. The Kier molecular flexibility index (Phi) is 10.6. The largest absolute Gasteiger partial charge is 0.489 e. The van der Waals surface area contributed by atoms with Gasteiger partial charge in [-0.05, 0) is 26.8 Å². The third-order valence-electron chi connectivity index (χ3n) is 6.96. The molecule has 3 aromatic rings. The van der Waals surface area contributed by atoms with Crippen LogP contribution in [0.15, 0.2) is 35.1 Å². The zero-order chi connectivity index (χ0) is 35.6. The van der Waals surface area contributed by atoms with Crippen LogP contribution in [0.2, 0.25) is 0 Å². The van der Waals surface area contributed by atoms with Crippen molar-refractivity contribution in [3.8, 4) is 16.9 Å². The number of benzene rings is 1. The van der Waals surface area contributed by atoms with Gasteiger partial charge in [0.2, 0.25) is 6.20 Å². The molecule has 1 aliphatic rings. The smallest absolute Gasteiger partial charge is 0.418 e. The molecule has 1 unspecified atom stereocenters. The number of nitrogens with one attached hydrogen (secondary N) is 1. The molecule has 18 nitrogen and oxygen atoms in total. The topological polar surface area (TPSA) is 255 Å². The molecule has 48 heavy (non-hydrogen) atoms. The molecule has 7 N–H and O–H groups in total. The molecule has 22 heteroatoms. The molecule has 2 atom stereocenters. The number of carbonyl (C=O) groups is 3. The van der Waals surface area contributed by atoms with Gasteiger partial charge in [0.15, 0.2) is 17.9 Å². The number of β-lactam (4-membered cyclic amide) rings is 1. The van der Waals surface area contributed by atoms with Gasteiger partial charge < -0.3 is 31.5 Å². The van der Waals surface area contributed by atoms with Crippen molar-refractivity contribution in [1.82, 2.24) is 20.0 Å². The fourth-order valence-corrected chi connectivity index (χ4v) is 5.53. The molecule has 1 fully saturated rings. The zero-order valence-corrected chi connectivity index (χ0v) is 27.1. The molecular formula is C26H31F2N8O10S2+. The first-order chi connectivity index (χ1) is 22.4. The number of rotatable bonds is 15. The summed E-state index contributed by atoms with van der Waals surface area (Å²) in [5.74, 6) is -6.14. The van der Waals surface area contributed by atoms with Crippen LogP contribution >= 0.6 is 11.3 Å². The van der Waals surface area contributed by atoms with Crippen LogP contribution in [0.1, 0.15) is 26.0 Å². The van der Waals surface area contributed by atoms with E-state index in [4.69, 9.17) is 25.6 Å². The van der Waals surface area contributed by atoms with Crippen LogP contribution in [0, 0.1) is 11.6 Å². The lowest BCUT2D eigenvalue weighted by Crippen LogP contribution is -2.76. The summed E-state index contributed by atoms with van der Waals surface area (Å²) >= 11 is 0.892. The molecule has 3 heterocycles. The second-order valence-corrected chi connectivity index (χ2v) is 12.7. The van der Waals surface area contributed by atoms with Crippen LogP contribution in [0.5, 0.6) is 5.75 Å². The van der Waals surface area contributed by atoms with Gasteiger partial charge in [-0.25, -0.2) is 18.6 Å². The summed E-state index contributed by atoms with van der Waals surface area (Å²) in [6, 6.07) is 0.328. The molecule has 1 aliphatic heterocycles. The summed E-state index contributed by atoms with van der Waals surface area (Å²) in [4.78, 5) is 46.6. The molecule has 260 valence electrons. The molecule has 0 saturated carbocycles. The minimum atomic E-state index is -5.06. The number of nitrogens with two attached hydrogens (primary N) is 2. The van der Waals surface area contributed by atoms with E-state index in [0.29, 0.717) is 24.6 Å². The molecule has 2 amide bonds. The summed E-state index contributed by atoms with van der Waals surface area (Å²) in [6.45, 7) is 2.75. The van der Waals surface area contributed by atoms with E-state index in [2.05, 4.69) is 19.7 Å². The van der Waals surface area contributed by atoms with Crippen LogP contribution in [0.25, 0.3) is 11.1 Å². The quantitative estimate of drug-likeness (QED) is 0.0447. The van der Waals surface area contributed by atoms with Gasteiger partial charge in [0.05, 0.1) is 29.4 Å². The number of amides is 2. The van der Waals surface area contributed by atoms with Gasteiger partial charge in [-0.2, -0.15) is 18.2 Å². The molecule has 1 saturated heterocycles. The molecule has 0 radical (unpaired) electrons. The molecule has 4 rings (SSSR count). The fraction of sp³-hybridized carbons (Fsp3) is 0.385. The van der Waals surface area contributed by atoms with E-state index in [9.17, 15) is 27.9 Å². The van der Waals surface area contributed by atoms with Crippen molar-refractivity contribution in [2.24, 2.45) is 17.9 Å². The van der Waals surface area contributed by atoms with Gasteiger partial charge in [-0.3, -0.25) is 14.1 Å². The first-order valence-electron chi connectivity index (χ1n) is 13.8. The van der Waals surface area contributed by atoms with Gasteiger partial charge in [0.1, 0.15) is 35.7 Å². The van der Waals surface area contributed by atoms with Crippen LogP contribution < -0.4 is 26.2 Å². The molecule has 0 bridgehead atoms. The van der Waals surface area contributed by atoms with Gasteiger partial charge >= 0.3 is 16.4 Å². The Morgan fingerprint density at radius 2 is 1.96 bits per heavy atom. The van der Waals surface area contributed by atoms with Crippen molar-refractivity contribution < 1.29 is 59.8 Å². The van der Waals surface area contributed by atoms with Crippen molar-refractivity contribution in [3.63, 3.8) is 0 Å². The Balaban J connectivity index is 1.50. The number of hydrogen-bond donors (Lipinski definition) is 5. The van der Waals surface area contributed by atoms with Crippen LogP contribution in [0.3, 0.4) is 0 Å². The third-order valence-corrected chi connectivity index (χ3v) is 7.98. The lowest BCUT2D eigenvalue weighted by molar-refractivity contribution is -0.753. The normalized spacial score (nSPS) is 16.7. The second-order valence-electron chi connectivity index (χ2n) is 10.8. The van der Waals surface area contributed by atoms with Crippen molar-refractivity contribution in [1.29, 1.82) is 0 Å². The van der Waals surface area contributed by atoms with E-state index in [1.54, 1.807) is 22.6 Å². The van der Waals surface area contributed by atoms with Crippen molar-refractivity contribution in [3.05, 3.63) is 47.2 Å². The number of aromatic nitrogens is 3. The number of aliphatic carboxylic acids is 1. The average Bonchev–Trinajstić information content (AvgIpc) is 3.58. The fourth-order valence-electron chi connectivity index (χ4n) is 4.53. The lowest BCUT2D eigenvalue weighted by Gasteiger charge is -2.50. The van der Waals surface area contributed by atoms with Gasteiger partial charge in [0, 0.05) is 17.5 Å². The van der Waals surface area contributed by atoms with Crippen LogP contribution in [-0.4, -0.2) is 87.1 Å². The van der Waals surface area contributed by atoms with Crippen LogP contribution in [0.4, 0.5) is 13.9 Å². The molecule has 0 spiro atoms.